The summed E-state index contributed by atoms with van der Waals surface area (Å²) in [4.78, 5) is 12.4. The summed E-state index contributed by atoms with van der Waals surface area (Å²) in [6.07, 6.45) is 8.79. The van der Waals surface area contributed by atoms with E-state index in [1.165, 1.54) is 5.57 Å². The van der Waals surface area contributed by atoms with Crippen LogP contribution in [-0.4, -0.2) is 24.9 Å². The van der Waals surface area contributed by atoms with Crippen LogP contribution >= 0.6 is 0 Å². The van der Waals surface area contributed by atoms with Gasteiger partial charge < -0.3 is 0 Å². The van der Waals surface area contributed by atoms with Gasteiger partial charge in [0.05, 0.1) is 6.10 Å². The van der Waals surface area contributed by atoms with E-state index in [0.717, 1.165) is 38.5 Å². The molecule has 5 nitrogen and oxygen atoms in total. The summed E-state index contributed by atoms with van der Waals surface area (Å²) in [5.74, 6) is 2.10. The fraction of sp³-hybridized carbons (Fsp3) is 0.842. The fourth-order valence-corrected chi connectivity index (χ4v) is 7.16. The highest BCUT2D eigenvalue weighted by Gasteiger charge is 2.58. The molecule has 0 heterocycles. The topological polar surface area (TPSA) is 80.7 Å². The van der Waals surface area contributed by atoms with Crippen molar-refractivity contribution in [2.45, 2.75) is 71.3 Å². The number of Topliss-reactive ketones (excluding diaryl/α,β-unsaturated/α-hetero) is 1. The van der Waals surface area contributed by atoms with Gasteiger partial charge in [0.1, 0.15) is 5.78 Å². The zero-order valence-corrected chi connectivity index (χ0v) is 15.8. The molecule has 0 aliphatic heterocycles. The molecule has 0 aromatic heterocycles. The average Bonchev–Trinajstić information content (AvgIpc) is 2.82. The van der Waals surface area contributed by atoms with Gasteiger partial charge in [-0.05, 0) is 68.1 Å². The molecule has 0 radical (unpaired) electrons. The molecule has 0 amide bonds. The molecule has 0 unspecified atom stereocenters. The van der Waals surface area contributed by atoms with Gasteiger partial charge in [0.15, 0.2) is 0 Å². The molecule has 25 heavy (non-hydrogen) atoms. The monoisotopic (exact) mass is 368 g/mol. The lowest BCUT2D eigenvalue weighted by atomic mass is 9.48. The number of hydrogen-bond acceptors (Lipinski definition) is 4. The molecule has 140 valence electrons. The van der Waals surface area contributed by atoms with Crippen LogP contribution in [0.2, 0.25) is 0 Å². The van der Waals surface area contributed by atoms with E-state index < -0.39 is 16.5 Å². The van der Waals surface area contributed by atoms with Crippen molar-refractivity contribution in [1.29, 1.82) is 0 Å². The van der Waals surface area contributed by atoms with Crippen molar-refractivity contribution in [3.05, 3.63) is 11.6 Å². The Morgan fingerprint density at radius 3 is 2.52 bits per heavy atom. The highest BCUT2D eigenvalue weighted by Crippen LogP contribution is 2.64. The number of ketones is 1. The minimum atomic E-state index is -4.40. The minimum absolute atomic E-state index is 0.0783. The molecule has 0 aromatic rings. The van der Waals surface area contributed by atoms with Crippen molar-refractivity contribution in [3.63, 3.8) is 0 Å². The standard InChI is InChI=1S/C19H28O5S/c1-18-9-7-13(24-25(21,22)23)11-12(18)3-4-14-15-5-6-17(20)19(15,2)10-8-16(14)18/h3,13-16H,4-11H2,1-2H3,(H,21,22,23)/t13-,14-,15-,16-,18+,19+/m1/s1. The van der Waals surface area contributed by atoms with Crippen LogP contribution in [0.25, 0.3) is 0 Å². The molecule has 0 spiro atoms. The zero-order valence-electron chi connectivity index (χ0n) is 15.0. The quantitative estimate of drug-likeness (QED) is 0.594. The molecule has 3 saturated carbocycles. The summed E-state index contributed by atoms with van der Waals surface area (Å²) < 4.78 is 35.9. The van der Waals surface area contributed by atoms with Crippen molar-refractivity contribution in [1.82, 2.24) is 0 Å². The molecular formula is C19H28O5S. The largest absolute Gasteiger partial charge is 0.397 e. The van der Waals surface area contributed by atoms with Crippen LogP contribution in [0.5, 0.6) is 0 Å². The van der Waals surface area contributed by atoms with E-state index >= 15 is 0 Å². The van der Waals surface area contributed by atoms with Gasteiger partial charge in [0.2, 0.25) is 0 Å². The second kappa shape index (κ2) is 5.64. The molecule has 4 aliphatic rings. The van der Waals surface area contributed by atoms with Gasteiger partial charge in [-0.15, -0.1) is 0 Å². The second-order valence-electron chi connectivity index (χ2n) is 9.07. The number of fused-ring (bicyclic) bond motifs is 5. The van der Waals surface area contributed by atoms with Crippen molar-refractivity contribution >= 4 is 16.2 Å². The Morgan fingerprint density at radius 2 is 1.80 bits per heavy atom. The highest BCUT2D eigenvalue weighted by molar-refractivity contribution is 7.80. The average molecular weight is 368 g/mol. The molecule has 0 aromatic carbocycles. The van der Waals surface area contributed by atoms with E-state index in [9.17, 15) is 13.2 Å². The molecular weight excluding hydrogens is 340 g/mol. The van der Waals surface area contributed by atoms with Gasteiger partial charge in [-0.2, -0.15) is 8.42 Å². The maximum Gasteiger partial charge on any atom is 0.397 e. The summed E-state index contributed by atoms with van der Waals surface area (Å²) in [5.41, 5.74) is 1.25. The van der Waals surface area contributed by atoms with E-state index in [2.05, 4.69) is 19.9 Å². The Hall–Kier alpha value is -0.720. The number of rotatable bonds is 2. The van der Waals surface area contributed by atoms with E-state index in [4.69, 9.17) is 8.74 Å². The Kier molecular flexibility index (Phi) is 3.99. The number of allylic oxidation sites excluding steroid dienone is 1. The molecule has 6 heteroatoms. The van der Waals surface area contributed by atoms with Crippen molar-refractivity contribution < 1.29 is 21.9 Å². The van der Waals surface area contributed by atoms with Crippen LogP contribution < -0.4 is 0 Å². The van der Waals surface area contributed by atoms with Crippen LogP contribution in [0.4, 0.5) is 0 Å². The molecule has 4 rings (SSSR count). The van der Waals surface area contributed by atoms with Crippen LogP contribution in [0, 0.1) is 28.6 Å². The van der Waals surface area contributed by atoms with E-state index in [0.29, 0.717) is 36.4 Å². The third-order valence-corrected chi connectivity index (χ3v) is 8.54. The zero-order chi connectivity index (χ0) is 18.0. The van der Waals surface area contributed by atoms with Crippen molar-refractivity contribution in [2.24, 2.45) is 28.6 Å². The number of carbonyl (C=O) groups excluding carboxylic acids is 1. The number of carbonyl (C=O) groups is 1. The molecule has 0 saturated heterocycles. The first kappa shape index (κ1) is 17.7. The van der Waals surface area contributed by atoms with Gasteiger partial charge in [0.25, 0.3) is 0 Å². The minimum Gasteiger partial charge on any atom is -0.299 e. The molecule has 3 fully saturated rings. The lowest BCUT2D eigenvalue weighted by Gasteiger charge is -2.56. The molecule has 1 N–H and O–H groups in total. The van der Waals surface area contributed by atoms with E-state index in [1.54, 1.807) is 0 Å². The Balaban J connectivity index is 1.59. The van der Waals surface area contributed by atoms with E-state index in [-0.39, 0.29) is 10.8 Å². The fourth-order valence-electron chi connectivity index (χ4n) is 6.65. The summed E-state index contributed by atoms with van der Waals surface area (Å²) >= 11 is 0. The van der Waals surface area contributed by atoms with Gasteiger partial charge in [-0.25, -0.2) is 4.18 Å². The first-order valence-electron chi connectivity index (χ1n) is 9.52. The number of hydrogen-bond donors (Lipinski definition) is 1. The van der Waals surface area contributed by atoms with E-state index in [1.807, 2.05) is 0 Å². The van der Waals surface area contributed by atoms with Crippen molar-refractivity contribution in [3.8, 4) is 0 Å². The maximum atomic E-state index is 12.4. The third-order valence-electron chi connectivity index (χ3n) is 8.03. The third kappa shape index (κ3) is 2.72. The predicted octanol–water partition coefficient (Wildman–Crippen LogP) is 3.71. The van der Waals surface area contributed by atoms with Gasteiger partial charge >= 0.3 is 10.4 Å². The lowest BCUT2D eigenvalue weighted by Crippen LogP contribution is -2.50. The summed E-state index contributed by atoms with van der Waals surface area (Å²) in [5, 5.41) is 0. The maximum absolute atomic E-state index is 12.4. The SMILES string of the molecule is C[C@]12CC[C@@H](OS(=O)(=O)O)CC1=CC[C@H]1[C@H]2CC[C@]2(C)C(=O)CC[C@H]12. The summed E-state index contributed by atoms with van der Waals surface area (Å²) in [6.45, 7) is 4.50. The smallest absolute Gasteiger partial charge is 0.299 e. The predicted molar refractivity (Wildman–Crippen MR) is 93.1 cm³/mol. The molecule has 0 bridgehead atoms. The van der Waals surface area contributed by atoms with Crippen molar-refractivity contribution in [2.75, 3.05) is 0 Å². The normalized spacial score (nSPS) is 46.8. The summed E-state index contributed by atoms with van der Waals surface area (Å²) in [7, 11) is -4.40. The Bertz CT molecular complexity index is 726. The highest BCUT2D eigenvalue weighted by atomic mass is 32.3. The van der Waals surface area contributed by atoms with Crippen LogP contribution in [0.1, 0.15) is 65.2 Å². The first-order valence-corrected chi connectivity index (χ1v) is 10.9. The molecule has 6 atom stereocenters. The summed E-state index contributed by atoms with van der Waals surface area (Å²) in [6, 6.07) is 0. The Labute approximate surface area is 150 Å². The van der Waals surface area contributed by atoms with Gasteiger partial charge in [-0.3, -0.25) is 9.35 Å². The van der Waals surface area contributed by atoms with Crippen LogP contribution in [0.15, 0.2) is 11.6 Å². The van der Waals surface area contributed by atoms with Crippen LogP contribution in [-0.2, 0) is 19.4 Å². The van der Waals surface area contributed by atoms with Gasteiger partial charge in [0, 0.05) is 11.8 Å². The van der Waals surface area contributed by atoms with Crippen LogP contribution in [0.3, 0.4) is 0 Å². The molecule has 4 aliphatic carbocycles. The lowest BCUT2D eigenvalue weighted by molar-refractivity contribution is -0.131. The van der Waals surface area contributed by atoms with Gasteiger partial charge in [-0.1, -0.05) is 25.5 Å². The second-order valence-corrected chi connectivity index (χ2v) is 10.1. The first-order chi connectivity index (χ1) is 11.6. The Morgan fingerprint density at radius 1 is 1.12 bits per heavy atom.